The summed E-state index contributed by atoms with van der Waals surface area (Å²) < 4.78 is 11.1. The Kier molecular flexibility index (Phi) is 7.13. The lowest BCUT2D eigenvalue weighted by molar-refractivity contribution is -0.158. The number of allylic oxidation sites excluding steroid dienone is 1. The zero-order valence-electron chi connectivity index (χ0n) is 14.5. The molecule has 0 aliphatic heterocycles. The molecule has 2 aliphatic carbocycles. The molecule has 0 bridgehead atoms. The number of esters is 2. The van der Waals surface area contributed by atoms with Gasteiger partial charge in [-0.1, -0.05) is 19.4 Å². The van der Waals surface area contributed by atoms with E-state index in [0.717, 1.165) is 44.4 Å². The molecule has 0 heterocycles. The summed E-state index contributed by atoms with van der Waals surface area (Å²) >= 11 is 0. The molecule has 0 radical (unpaired) electrons. The Hall–Kier alpha value is -1.32. The maximum absolute atomic E-state index is 12.3. The fraction of sp³-hybridized carbons (Fsp3) is 0.789. The Labute approximate surface area is 139 Å². The highest BCUT2D eigenvalue weighted by Gasteiger charge is 2.31. The van der Waals surface area contributed by atoms with Crippen LogP contribution in [-0.2, 0) is 19.1 Å². The molecule has 0 spiro atoms. The van der Waals surface area contributed by atoms with Crippen LogP contribution in [0.15, 0.2) is 12.2 Å². The third kappa shape index (κ3) is 5.67. The van der Waals surface area contributed by atoms with Crippen molar-refractivity contribution in [2.24, 2.45) is 11.8 Å². The minimum absolute atomic E-state index is 0.0180. The van der Waals surface area contributed by atoms with Crippen LogP contribution in [0.25, 0.3) is 0 Å². The molecule has 4 heteroatoms. The maximum atomic E-state index is 12.3. The summed E-state index contributed by atoms with van der Waals surface area (Å²) in [5, 5.41) is 0. The van der Waals surface area contributed by atoms with Crippen LogP contribution in [0.2, 0.25) is 0 Å². The van der Waals surface area contributed by atoms with Crippen molar-refractivity contribution in [1.29, 1.82) is 0 Å². The molecule has 4 nitrogen and oxygen atoms in total. The summed E-state index contributed by atoms with van der Waals surface area (Å²) in [5.74, 6) is 0.470. The molecule has 0 atom stereocenters. The van der Waals surface area contributed by atoms with E-state index in [2.05, 4.69) is 6.92 Å². The summed E-state index contributed by atoms with van der Waals surface area (Å²) in [6.45, 7) is 4.03. The van der Waals surface area contributed by atoms with Crippen molar-refractivity contribution >= 4 is 11.9 Å². The lowest BCUT2D eigenvalue weighted by Crippen LogP contribution is -2.32. The fourth-order valence-electron chi connectivity index (χ4n) is 3.67. The Morgan fingerprint density at radius 2 is 1.48 bits per heavy atom. The van der Waals surface area contributed by atoms with Gasteiger partial charge < -0.3 is 9.47 Å². The van der Waals surface area contributed by atoms with E-state index < -0.39 is 0 Å². The lowest BCUT2D eigenvalue weighted by Gasteiger charge is -2.31. The van der Waals surface area contributed by atoms with Crippen LogP contribution < -0.4 is 0 Å². The van der Waals surface area contributed by atoms with Crippen LogP contribution in [0.5, 0.6) is 0 Å². The minimum Gasteiger partial charge on any atom is -0.462 e. The first kappa shape index (κ1) is 18.0. The van der Waals surface area contributed by atoms with Crippen molar-refractivity contribution in [1.82, 2.24) is 0 Å². The number of hydrogen-bond donors (Lipinski definition) is 0. The molecule has 0 N–H and O–H groups in total. The molecule has 0 aromatic heterocycles. The van der Waals surface area contributed by atoms with Crippen molar-refractivity contribution in [3.05, 3.63) is 12.2 Å². The molecule has 0 amide bonds. The van der Waals surface area contributed by atoms with Gasteiger partial charge in [0.1, 0.15) is 12.2 Å². The van der Waals surface area contributed by atoms with E-state index in [4.69, 9.17) is 9.47 Å². The Balaban J connectivity index is 1.68. The van der Waals surface area contributed by atoms with E-state index in [1.807, 2.05) is 0 Å². The Morgan fingerprint density at radius 1 is 0.913 bits per heavy atom. The smallest absolute Gasteiger partial charge is 0.330 e. The van der Waals surface area contributed by atoms with Gasteiger partial charge in [0, 0.05) is 6.08 Å². The van der Waals surface area contributed by atoms with Gasteiger partial charge in [-0.15, -0.1) is 0 Å². The highest BCUT2D eigenvalue weighted by molar-refractivity contribution is 5.82. The first-order chi connectivity index (χ1) is 11.1. The van der Waals surface area contributed by atoms with Crippen molar-refractivity contribution in [3.8, 4) is 0 Å². The second-order valence-corrected chi connectivity index (χ2v) is 6.90. The second kappa shape index (κ2) is 9.09. The Morgan fingerprint density at radius 3 is 2.04 bits per heavy atom. The van der Waals surface area contributed by atoms with Gasteiger partial charge in [-0.2, -0.15) is 0 Å². The van der Waals surface area contributed by atoms with Crippen molar-refractivity contribution in [2.75, 3.05) is 0 Å². The largest absolute Gasteiger partial charge is 0.462 e. The zero-order chi connectivity index (χ0) is 16.7. The number of rotatable bonds is 5. The standard InChI is InChI=1S/C19H30O4/c1-3-5-18(20)22-16-12-8-15(9-13-16)19(21)23-17-10-6-14(4-2)7-11-17/h3,5,14-17H,4,6-13H2,1-2H3. The van der Waals surface area contributed by atoms with Crippen molar-refractivity contribution in [3.63, 3.8) is 0 Å². The summed E-state index contributed by atoms with van der Waals surface area (Å²) in [6, 6.07) is 0. The second-order valence-electron chi connectivity index (χ2n) is 6.90. The van der Waals surface area contributed by atoms with E-state index >= 15 is 0 Å². The van der Waals surface area contributed by atoms with Gasteiger partial charge >= 0.3 is 11.9 Å². The molecule has 0 aromatic carbocycles. The summed E-state index contributed by atoms with van der Waals surface area (Å²) in [7, 11) is 0. The van der Waals surface area contributed by atoms with Gasteiger partial charge in [0.15, 0.2) is 0 Å². The van der Waals surface area contributed by atoms with Gasteiger partial charge in [0.2, 0.25) is 0 Å². The van der Waals surface area contributed by atoms with Crippen LogP contribution in [0.3, 0.4) is 0 Å². The maximum Gasteiger partial charge on any atom is 0.330 e. The molecule has 130 valence electrons. The quantitative estimate of drug-likeness (QED) is 0.563. The predicted octanol–water partition coefficient (Wildman–Crippen LogP) is 4.18. The van der Waals surface area contributed by atoms with Gasteiger partial charge in [0.25, 0.3) is 0 Å². The van der Waals surface area contributed by atoms with Crippen molar-refractivity contribution < 1.29 is 19.1 Å². The lowest BCUT2D eigenvalue weighted by atomic mass is 9.85. The van der Waals surface area contributed by atoms with Crippen molar-refractivity contribution in [2.45, 2.75) is 83.8 Å². The first-order valence-corrected chi connectivity index (χ1v) is 9.16. The van der Waals surface area contributed by atoms with Gasteiger partial charge in [-0.3, -0.25) is 4.79 Å². The average Bonchev–Trinajstić information content (AvgIpc) is 2.56. The van der Waals surface area contributed by atoms with E-state index in [1.165, 1.54) is 25.3 Å². The van der Waals surface area contributed by atoms with E-state index in [9.17, 15) is 9.59 Å². The van der Waals surface area contributed by atoms with Gasteiger partial charge in [-0.05, 0) is 64.2 Å². The highest BCUT2D eigenvalue weighted by atomic mass is 16.5. The normalized spacial score (nSPS) is 31.7. The van der Waals surface area contributed by atoms with Crippen LogP contribution >= 0.6 is 0 Å². The molecule has 0 aromatic rings. The molecular formula is C19H30O4. The highest BCUT2D eigenvalue weighted by Crippen LogP contribution is 2.31. The number of ether oxygens (including phenoxy) is 2. The molecule has 2 rings (SSSR count). The molecule has 23 heavy (non-hydrogen) atoms. The van der Waals surface area contributed by atoms with Crippen LogP contribution in [0.1, 0.15) is 71.6 Å². The summed E-state index contributed by atoms with van der Waals surface area (Å²) in [4.78, 5) is 23.7. The van der Waals surface area contributed by atoms with Crippen LogP contribution in [0, 0.1) is 11.8 Å². The number of carbonyl (C=O) groups is 2. The molecule has 0 saturated heterocycles. The third-order valence-corrected chi connectivity index (χ3v) is 5.25. The number of carbonyl (C=O) groups excluding carboxylic acids is 2. The third-order valence-electron chi connectivity index (χ3n) is 5.25. The Bertz CT molecular complexity index is 413. The zero-order valence-corrected chi connectivity index (χ0v) is 14.5. The topological polar surface area (TPSA) is 52.6 Å². The summed E-state index contributed by atoms with van der Waals surface area (Å²) in [5.41, 5.74) is 0. The predicted molar refractivity (Wildman–Crippen MR) is 88.8 cm³/mol. The summed E-state index contributed by atoms with van der Waals surface area (Å²) in [6.07, 6.45) is 11.8. The van der Waals surface area contributed by atoms with E-state index in [1.54, 1.807) is 13.0 Å². The van der Waals surface area contributed by atoms with Crippen LogP contribution in [0.4, 0.5) is 0 Å². The number of hydrogen-bond acceptors (Lipinski definition) is 4. The van der Waals surface area contributed by atoms with Gasteiger partial charge in [-0.25, -0.2) is 4.79 Å². The van der Waals surface area contributed by atoms with E-state index in [0.29, 0.717) is 0 Å². The average molecular weight is 322 g/mol. The SMILES string of the molecule is CC=CC(=O)OC1CCC(C(=O)OC2CCC(CC)CC2)CC1. The monoisotopic (exact) mass is 322 g/mol. The first-order valence-electron chi connectivity index (χ1n) is 9.16. The fourth-order valence-corrected chi connectivity index (χ4v) is 3.67. The molecular weight excluding hydrogens is 292 g/mol. The molecule has 2 aliphatic rings. The molecule has 0 unspecified atom stereocenters. The molecule has 2 fully saturated rings. The molecule has 2 saturated carbocycles. The minimum atomic E-state index is -0.286. The van der Waals surface area contributed by atoms with E-state index in [-0.39, 0.29) is 30.1 Å². The van der Waals surface area contributed by atoms with Gasteiger partial charge in [0.05, 0.1) is 5.92 Å². The van der Waals surface area contributed by atoms with Crippen LogP contribution in [-0.4, -0.2) is 24.1 Å².